The molecule has 0 heterocycles. The molecule has 0 aliphatic carbocycles. The minimum atomic E-state index is -2.32. The van der Waals surface area contributed by atoms with Crippen LogP contribution in [0.2, 0.25) is 0 Å². The Kier molecular flexibility index (Phi) is 16.2. The highest BCUT2D eigenvalue weighted by atomic mass is 28.4. The quantitative estimate of drug-likeness (QED) is 0.218. The van der Waals surface area contributed by atoms with Crippen molar-refractivity contribution in [3.05, 3.63) is 24.1 Å². The fourth-order valence-corrected chi connectivity index (χ4v) is 4.68. The summed E-state index contributed by atoms with van der Waals surface area (Å²) in [6.07, 6.45) is 16.4. The van der Waals surface area contributed by atoms with Gasteiger partial charge in [-0.05, 0) is 37.1 Å². The Morgan fingerprint density at radius 3 is 1.74 bits per heavy atom. The van der Waals surface area contributed by atoms with Crippen LogP contribution in [0.5, 0.6) is 0 Å². The number of allylic oxidation sites excluding steroid dienone is 1. The summed E-state index contributed by atoms with van der Waals surface area (Å²) >= 11 is 0. The lowest BCUT2D eigenvalue weighted by atomic mass is 10.1. The maximum atomic E-state index is 6.02. The van der Waals surface area contributed by atoms with Gasteiger partial charge in [-0.15, -0.1) is 6.58 Å². The highest BCUT2D eigenvalue weighted by Gasteiger charge is 2.30. The summed E-state index contributed by atoms with van der Waals surface area (Å²) in [6.45, 7) is 12.0. The lowest BCUT2D eigenvalue weighted by molar-refractivity contribution is 0.189. The van der Waals surface area contributed by atoms with Gasteiger partial charge in [-0.25, -0.2) is 0 Å². The topological polar surface area (TPSA) is 18.5 Å². The van der Waals surface area contributed by atoms with E-state index in [4.69, 9.17) is 8.85 Å². The van der Waals surface area contributed by atoms with E-state index in [9.17, 15) is 0 Å². The maximum Gasteiger partial charge on any atom is 0.391 e. The number of hydrogen-bond donors (Lipinski definition) is 0. The van der Waals surface area contributed by atoms with E-state index in [1.165, 1.54) is 51.4 Å². The summed E-state index contributed by atoms with van der Waals surface area (Å²) in [5, 5.41) is 0. The summed E-state index contributed by atoms with van der Waals surface area (Å²) in [6, 6.07) is 0. The summed E-state index contributed by atoms with van der Waals surface area (Å²) < 4.78 is 12.0. The monoisotopic (exact) mass is 340 g/mol. The molecule has 0 spiro atoms. The standard InChI is InChI=1S/C20H40O2Si/c1-5-9-10-11-12-13-14-15-16-17-20-23(8-4,21-18-6-2)22-19-7-3/h8,17,20H,4-7,9-16,18-19H2,1-3H3/b20-17+. The lowest BCUT2D eigenvalue weighted by Gasteiger charge is -2.24. The van der Waals surface area contributed by atoms with E-state index < -0.39 is 8.56 Å². The van der Waals surface area contributed by atoms with E-state index in [1.54, 1.807) is 0 Å². The molecule has 0 bridgehead atoms. The SMILES string of the molecule is C=C[Si](/C=C/CCCCCCCCCC)(OCCC)OCCC. The van der Waals surface area contributed by atoms with Crippen molar-refractivity contribution in [2.75, 3.05) is 13.2 Å². The van der Waals surface area contributed by atoms with Crippen LogP contribution in [0.25, 0.3) is 0 Å². The van der Waals surface area contributed by atoms with Crippen LogP contribution in [0.15, 0.2) is 24.1 Å². The highest BCUT2D eigenvalue weighted by Crippen LogP contribution is 2.14. The summed E-state index contributed by atoms with van der Waals surface area (Å²) in [7, 11) is -2.32. The zero-order chi connectivity index (χ0) is 17.2. The zero-order valence-electron chi connectivity index (χ0n) is 15.9. The molecule has 0 radical (unpaired) electrons. The third-order valence-corrected chi connectivity index (χ3v) is 6.50. The molecule has 0 fully saturated rings. The van der Waals surface area contributed by atoms with Gasteiger partial charge < -0.3 is 8.85 Å². The minimum absolute atomic E-state index is 0.754. The first-order valence-electron chi connectivity index (χ1n) is 9.83. The summed E-state index contributed by atoms with van der Waals surface area (Å²) in [4.78, 5) is 0. The first kappa shape index (κ1) is 22.6. The van der Waals surface area contributed by atoms with Crippen LogP contribution in [0.3, 0.4) is 0 Å². The average Bonchev–Trinajstić information content (AvgIpc) is 2.58. The molecule has 0 aromatic heterocycles. The van der Waals surface area contributed by atoms with Gasteiger partial charge in [-0.1, -0.05) is 71.8 Å². The van der Waals surface area contributed by atoms with Crippen molar-refractivity contribution in [1.29, 1.82) is 0 Å². The van der Waals surface area contributed by atoms with Crippen molar-refractivity contribution in [2.45, 2.75) is 91.4 Å². The fraction of sp³-hybridized carbons (Fsp3) is 0.800. The Balaban J connectivity index is 3.97. The molecule has 0 aromatic carbocycles. The second-order valence-corrected chi connectivity index (χ2v) is 9.05. The van der Waals surface area contributed by atoms with E-state index >= 15 is 0 Å². The van der Waals surface area contributed by atoms with E-state index in [0.717, 1.165) is 32.5 Å². The van der Waals surface area contributed by atoms with Gasteiger partial charge in [0.25, 0.3) is 0 Å². The molecule has 0 unspecified atom stereocenters. The molecule has 0 N–H and O–H groups in total. The third kappa shape index (κ3) is 12.7. The van der Waals surface area contributed by atoms with Crippen molar-refractivity contribution in [3.8, 4) is 0 Å². The molecule has 136 valence electrons. The van der Waals surface area contributed by atoms with E-state index in [0.29, 0.717) is 0 Å². The number of unbranched alkanes of at least 4 members (excludes halogenated alkanes) is 8. The normalized spacial score (nSPS) is 12.1. The molecule has 0 saturated carbocycles. The highest BCUT2D eigenvalue weighted by molar-refractivity contribution is 6.77. The van der Waals surface area contributed by atoms with Crippen LogP contribution in [-0.2, 0) is 8.85 Å². The van der Waals surface area contributed by atoms with E-state index in [1.807, 2.05) is 5.70 Å². The summed E-state index contributed by atoms with van der Waals surface area (Å²) in [5.41, 5.74) is 4.11. The molecule has 0 aromatic rings. The third-order valence-electron chi connectivity index (χ3n) is 3.92. The smallest absolute Gasteiger partial charge is 0.388 e. The minimum Gasteiger partial charge on any atom is -0.388 e. The Morgan fingerprint density at radius 2 is 1.26 bits per heavy atom. The molecule has 0 saturated heterocycles. The van der Waals surface area contributed by atoms with Crippen LogP contribution in [0, 0.1) is 0 Å². The van der Waals surface area contributed by atoms with Crippen molar-refractivity contribution >= 4 is 8.56 Å². The second-order valence-electron chi connectivity index (χ2n) is 6.29. The van der Waals surface area contributed by atoms with Crippen LogP contribution >= 0.6 is 0 Å². The fourth-order valence-electron chi connectivity index (χ4n) is 2.49. The van der Waals surface area contributed by atoms with Crippen LogP contribution in [-0.4, -0.2) is 21.8 Å². The lowest BCUT2D eigenvalue weighted by Crippen LogP contribution is -2.39. The van der Waals surface area contributed by atoms with Crippen molar-refractivity contribution in [2.24, 2.45) is 0 Å². The first-order valence-corrected chi connectivity index (χ1v) is 11.8. The molecule has 0 rings (SSSR count). The molecule has 2 nitrogen and oxygen atoms in total. The molecular weight excluding hydrogens is 300 g/mol. The predicted molar refractivity (Wildman–Crippen MR) is 105 cm³/mol. The van der Waals surface area contributed by atoms with Gasteiger partial charge in [0.1, 0.15) is 0 Å². The van der Waals surface area contributed by atoms with Gasteiger partial charge in [-0.3, -0.25) is 0 Å². The van der Waals surface area contributed by atoms with Crippen molar-refractivity contribution in [3.63, 3.8) is 0 Å². The number of hydrogen-bond acceptors (Lipinski definition) is 2. The van der Waals surface area contributed by atoms with Crippen molar-refractivity contribution in [1.82, 2.24) is 0 Å². The predicted octanol–water partition coefficient (Wildman–Crippen LogP) is 6.63. The molecule has 23 heavy (non-hydrogen) atoms. The Labute approximate surface area is 146 Å². The van der Waals surface area contributed by atoms with E-state index in [-0.39, 0.29) is 0 Å². The molecule has 3 heteroatoms. The first-order chi connectivity index (χ1) is 11.2. The van der Waals surface area contributed by atoms with Crippen LogP contribution in [0.1, 0.15) is 91.4 Å². The Hall–Kier alpha value is -0.383. The van der Waals surface area contributed by atoms with Crippen LogP contribution in [0.4, 0.5) is 0 Å². The number of rotatable bonds is 17. The largest absolute Gasteiger partial charge is 0.391 e. The second kappa shape index (κ2) is 16.5. The van der Waals surface area contributed by atoms with Gasteiger partial charge >= 0.3 is 8.56 Å². The zero-order valence-corrected chi connectivity index (χ0v) is 16.9. The molecule has 0 amide bonds. The van der Waals surface area contributed by atoms with Gasteiger partial charge in [0.15, 0.2) is 0 Å². The van der Waals surface area contributed by atoms with Gasteiger partial charge in [0.2, 0.25) is 0 Å². The average molecular weight is 341 g/mol. The molecule has 0 aliphatic rings. The van der Waals surface area contributed by atoms with Gasteiger partial charge in [-0.2, -0.15) is 0 Å². The van der Waals surface area contributed by atoms with Crippen LogP contribution < -0.4 is 0 Å². The van der Waals surface area contributed by atoms with E-state index in [2.05, 4.69) is 39.1 Å². The van der Waals surface area contributed by atoms with Crippen molar-refractivity contribution < 1.29 is 8.85 Å². The molecule has 0 aliphatic heterocycles. The summed E-state index contributed by atoms with van der Waals surface area (Å²) in [5.74, 6) is 0. The maximum absolute atomic E-state index is 6.02. The van der Waals surface area contributed by atoms with Gasteiger partial charge in [0, 0.05) is 13.2 Å². The molecule has 0 atom stereocenters. The Bertz CT molecular complexity index is 281. The van der Waals surface area contributed by atoms with Gasteiger partial charge in [0.05, 0.1) is 0 Å². The Morgan fingerprint density at radius 1 is 0.739 bits per heavy atom. The molecular formula is C20H40O2Si.